The molecule has 214 valence electrons. The van der Waals surface area contributed by atoms with Crippen molar-refractivity contribution in [1.82, 2.24) is 10.2 Å². The summed E-state index contributed by atoms with van der Waals surface area (Å²) < 4.78 is 47.4. The van der Waals surface area contributed by atoms with Crippen molar-refractivity contribution in [2.24, 2.45) is 0 Å². The number of halogens is 1. The number of rotatable bonds is 12. The Bertz CT molecular complexity index is 1410. The fraction of sp³-hybridized carbons (Fsp3) is 0.333. The average molecular weight is 570 g/mol. The Morgan fingerprint density at radius 1 is 1.00 bits per heavy atom. The lowest BCUT2D eigenvalue weighted by Gasteiger charge is -2.32. The summed E-state index contributed by atoms with van der Waals surface area (Å²) in [4.78, 5) is 28.3. The lowest BCUT2D eigenvalue weighted by atomic mass is 10.1. The average Bonchev–Trinajstić information content (AvgIpc) is 2.94. The van der Waals surface area contributed by atoms with Gasteiger partial charge in [0.15, 0.2) is 0 Å². The van der Waals surface area contributed by atoms with Crippen LogP contribution < -0.4 is 14.4 Å². The van der Waals surface area contributed by atoms with E-state index in [-0.39, 0.29) is 29.1 Å². The van der Waals surface area contributed by atoms with E-state index in [1.165, 1.54) is 48.4 Å². The fourth-order valence-electron chi connectivity index (χ4n) is 4.07. The molecule has 0 aliphatic rings. The van der Waals surface area contributed by atoms with E-state index in [4.69, 9.17) is 4.74 Å². The molecule has 0 spiro atoms. The van der Waals surface area contributed by atoms with Crippen molar-refractivity contribution in [2.45, 2.75) is 57.6 Å². The Morgan fingerprint density at radius 3 is 2.23 bits per heavy atom. The predicted octanol–water partition coefficient (Wildman–Crippen LogP) is 4.67. The zero-order valence-electron chi connectivity index (χ0n) is 23.4. The van der Waals surface area contributed by atoms with Gasteiger partial charge in [0.05, 0.1) is 17.7 Å². The molecule has 0 heterocycles. The van der Waals surface area contributed by atoms with Gasteiger partial charge in [-0.15, -0.1) is 0 Å². The van der Waals surface area contributed by atoms with Crippen LogP contribution in [-0.2, 0) is 26.2 Å². The number of hydrogen-bond donors (Lipinski definition) is 1. The van der Waals surface area contributed by atoms with Crippen molar-refractivity contribution in [3.8, 4) is 5.75 Å². The molecule has 3 rings (SSSR count). The molecular weight excluding hydrogens is 533 g/mol. The highest BCUT2D eigenvalue weighted by Gasteiger charge is 2.33. The van der Waals surface area contributed by atoms with E-state index in [0.29, 0.717) is 12.2 Å². The summed E-state index contributed by atoms with van der Waals surface area (Å²) in [5, 5.41) is 2.90. The van der Waals surface area contributed by atoms with E-state index < -0.39 is 34.3 Å². The van der Waals surface area contributed by atoms with Gasteiger partial charge in [-0.05, 0) is 81.3 Å². The minimum absolute atomic E-state index is 0.0711. The van der Waals surface area contributed by atoms with Crippen molar-refractivity contribution in [2.75, 3.05) is 18.0 Å². The third kappa shape index (κ3) is 7.59. The molecule has 10 heteroatoms. The summed E-state index contributed by atoms with van der Waals surface area (Å²) in [6.07, 6.45) is 0.711. The second kappa shape index (κ2) is 13.4. The molecule has 1 N–H and O–H groups in total. The van der Waals surface area contributed by atoms with Crippen molar-refractivity contribution in [3.63, 3.8) is 0 Å². The van der Waals surface area contributed by atoms with Gasteiger partial charge in [-0.1, -0.05) is 36.8 Å². The summed E-state index contributed by atoms with van der Waals surface area (Å²) in [5.41, 5.74) is 1.89. The molecule has 3 aromatic rings. The lowest BCUT2D eigenvalue weighted by molar-refractivity contribution is -0.139. The number of nitrogens with one attached hydrogen (secondary N) is 1. The molecule has 0 saturated carbocycles. The lowest BCUT2D eigenvalue weighted by Crippen LogP contribution is -2.52. The first-order chi connectivity index (χ1) is 19.0. The van der Waals surface area contributed by atoms with E-state index in [1.54, 1.807) is 6.92 Å². The highest BCUT2D eigenvalue weighted by atomic mass is 32.2. The van der Waals surface area contributed by atoms with E-state index in [9.17, 15) is 22.4 Å². The van der Waals surface area contributed by atoms with Gasteiger partial charge < -0.3 is 15.0 Å². The Kier molecular flexibility index (Phi) is 10.3. The molecule has 0 aromatic heterocycles. The maximum absolute atomic E-state index is 13.9. The first-order valence-electron chi connectivity index (χ1n) is 13.0. The largest absolute Gasteiger partial charge is 0.497 e. The Balaban J connectivity index is 2.02. The van der Waals surface area contributed by atoms with Gasteiger partial charge in [0, 0.05) is 12.6 Å². The monoisotopic (exact) mass is 569 g/mol. The van der Waals surface area contributed by atoms with Gasteiger partial charge in [0.25, 0.3) is 10.0 Å². The maximum atomic E-state index is 13.9. The number of carbonyl (C=O) groups is 2. The number of methoxy groups -OCH3 is 1. The topological polar surface area (TPSA) is 96.0 Å². The van der Waals surface area contributed by atoms with E-state index in [1.807, 2.05) is 45.0 Å². The van der Waals surface area contributed by atoms with Crippen LogP contribution in [0.4, 0.5) is 10.1 Å². The predicted molar refractivity (Wildman–Crippen MR) is 153 cm³/mol. The van der Waals surface area contributed by atoms with Crippen LogP contribution in [0, 0.1) is 12.7 Å². The Morgan fingerprint density at radius 2 is 1.65 bits per heavy atom. The molecular formula is C30H36FN3O5S. The maximum Gasteiger partial charge on any atom is 0.264 e. The van der Waals surface area contributed by atoms with Gasteiger partial charge in [-0.3, -0.25) is 13.9 Å². The number of benzene rings is 3. The highest BCUT2D eigenvalue weighted by Crippen LogP contribution is 2.26. The normalized spacial score (nSPS) is 12.8. The van der Waals surface area contributed by atoms with Gasteiger partial charge in [-0.25, -0.2) is 12.8 Å². The van der Waals surface area contributed by atoms with Crippen LogP contribution in [0.25, 0.3) is 0 Å². The molecule has 2 atom stereocenters. The molecule has 0 saturated heterocycles. The Labute approximate surface area is 235 Å². The van der Waals surface area contributed by atoms with E-state index in [2.05, 4.69) is 5.32 Å². The zero-order chi connectivity index (χ0) is 29.4. The van der Waals surface area contributed by atoms with Gasteiger partial charge in [-0.2, -0.15) is 0 Å². The van der Waals surface area contributed by atoms with Gasteiger partial charge in [0.1, 0.15) is 24.2 Å². The Hall–Kier alpha value is -3.92. The molecule has 0 radical (unpaired) electrons. The number of anilines is 1. The van der Waals surface area contributed by atoms with Crippen LogP contribution >= 0.6 is 0 Å². The summed E-state index contributed by atoms with van der Waals surface area (Å²) >= 11 is 0. The van der Waals surface area contributed by atoms with Crippen LogP contribution in [-0.4, -0.2) is 50.9 Å². The summed E-state index contributed by atoms with van der Waals surface area (Å²) in [6, 6.07) is 17.2. The molecule has 2 amide bonds. The number of sulfonamides is 1. The molecule has 40 heavy (non-hydrogen) atoms. The SMILES string of the molecule is CCC(C)NC(=O)C(C)N(Cc1cccc(C)c1)C(=O)CN(c1ccc(F)cc1)S(=O)(=O)c1ccc(OC)cc1. The third-order valence-electron chi connectivity index (χ3n) is 6.64. The van der Waals surface area contributed by atoms with Crippen LogP contribution in [0.2, 0.25) is 0 Å². The van der Waals surface area contributed by atoms with Crippen LogP contribution in [0.15, 0.2) is 77.7 Å². The minimum atomic E-state index is -4.26. The van der Waals surface area contributed by atoms with Crippen LogP contribution in [0.5, 0.6) is 5.75 Å². The fourth-order valence-corrected chi connectivity index (χ4v) is 5.48. The zero-order valence-corrected chi connectivity index (χ0v) is 24.2. The smallest absolute Gasteiger partial charge is 0.264 e. The number of ether oxygens (including phenoxy) is 1. The molecule has 0 bridgehead atoms. The molecule has 2 unspecified atom stereocenters. The van der Waals surface area contributed by atoms with Gasteiger partial charge in [0.2, 0.25) is 11.8 Å². The number of nitrogens with zero attached hydrogens (tertiary/aromatic N) is 2. The second-order valence-electron chi connectivity index (χ2n) is 9.67. The number of aryl methyl sites for hydroxylation is 1. The summed E-state index contributed by atoms with van der Waals surface area (Å²) in [5.74, 6) is -1.02. The summed E-state index contributed by atoms with van der Waals surface area (Å²) in [6.45, 7) is 6.84. The quantitative estimate of drug-likeness (QED) is 0.342. The molecule has 0 aliphatic heterocycles. The summed E-state index contributed by atoms with van der Waals surface area (Å²) in [7, 11) is -2.80. The number of hydrogen-bond acceptors (Lipinski definition) is 5. The third-order valence-corrected chi connectivity index (χ3v) is 8.43. The number of carbonyl (C=O) groups excluding carboxylic acids is 2. The van der Waals surface area contributed by atoms with E-state index >= 15 is 0 Å². The molecule has 0 aliphatic carbocycles. The van der Waals surface area contributed by atoms with Crippen molar-refractivity contribution in [3.05, 3.63) is 89.7 Å². The van der Waals surface area contributed by atoms with Crippen molar-refractivity contribution < 1.29 is 27.1 Å². The first-order valence-corrected chi connectivity index (χ1v) is 14.5. The van der Waals surface area contributed by atoms with Crippen molar-refractivity contribution in [1.29, 1.82) is 0 Å². The van der Waals surface area contributed by atoms with Crippen LogP contribution in [0.3, 0.4) is 0 Å². The minimum Gasteiger partial charge on any atom is -0.497 e. The number of amides is 2. The molecule has 0 fully saturated rings. The van der Waals surface area contributed by atoms with Crippen LogP contribution in [0.1, 0.15) is 38.3 Å². The first kappa shape index (κ1) is 30.6. The highest BCUT2D eigenvalue weighted by molar-refractivity contribution is 7.92. The molecule has 3 aromatic carbocycles. The van der Waals surface area contributed by atoms with E-state index in [0.717, 1.165) is 27.6 Å². The van der Waals surface area contributed by atoms with Crippen molar-refractivity contribution >= 4 is 27.5 Å². The van der Waals surface area contributed by atoms with Gasteiger partial charge >= 0.3 is 0 Å². The standard InChI is InChI=1S/C30H36FN3O5S/c1-6-22(3)32-30(36)23(4)33(19-24-9-7-8-21(2)18-24)29(35)20-34(26-12-10-25(31)11-13-26)40(37,38)28-16-14-27(39-5)15-17-28/h7-18,22-23H,6,19-20H2,1-5H3,(H,32,36). The second-order valence-corrected chi connectivity index (χ2v) is 11.5. The molecule has 8 nitrogen and oxygen atoms in total.